The molecule has 0 amide bonds. The Kier molecular flexibility index (Phi) is 5.94. The topological polar surface area (TPSA) is 56.7 Å². The van der Waals surface area contributed by atoms with Gasteiger partial charge in [0, 0.05) is 49.0 Å². The number of hydrogen-bond acceptors (Lipinski definition) is 4. The van der Waals surface area contributed by atoms with Crippen molar-refractivity contribution in [2.24, 2.45) is 0 Å². The SMILES string of the molecule is [2H]c1c([2H])c([2H])c2c(oc3c([2H])c(-c4ccc(-n5c6ccccc6c6ccc7ccccc7c65)c5ccccc45)c([2H])c(-c4nc(-c5ccccc5)nc(-c5ccccc5)n4)c32)c1[2H]. The van der Waals surface area contributed by atoms with Gasteiger partial charge in [-0.05, 0) is 52.2 Å². The maximum absolute atomic E-state index is 10.2. The molecule has 0 bridgehead atoms. The van der Waals surface area contributed by atoms with Gasteiger partial charge in [0.05, 0.1) is 24.9 Å². The molecular weight excluding hydrogens is 709 g/mol. The van der Waals surface area contributed by atoms with Crippen molar-refractivity contribution >= 4 is 65.3 Å². The molecule has 0 radical (unpaired) electrons. The van der Waals surface area contributed by atoms with Crippen molar-refractivity contribution in [2.75, 3.05) is 0 Å². The highest BCUT2D eigenvalue weighted by Gasteiger charge is 2.22. The number of furan rings is 1. The Hall–Kier alpha value is -7.89. The van der Waals surface area contributed by atoms with E-state index in [2.05, 4.69) is 59.2 Å². The molecule has 5 heteroatoms. The van der Waals surface area contributed by atoms with Crippen LogP contribution in [0.2, 0.25) is 0 Å². The Morgan fingerprint density at radius 3 is 1.84 bits per heavy atom. The fourth-order valence-corrected chi connectivity index (χ4v) is 8.38. The molecule has 0 aliphatic rings. The summed E-state index contributed by atoms with van der Waals surface area (Å²) in [7, 11) is 0. The third kappa shape index (κ3) is 5.00. The van der Waals surface area contributed by atoms with E-state index in [1.165, 1.54) is 0 Å². The number of aromatic nitrogens is 4. The minimum Gasteiger partial charge on any atom is -0.456 e. The molecule has 0 atom stereocenters. The van der Waals surface area contributed by atoms with Gasteiger partial charge in [0.15, 0.2) is 17.5 Å². The second-order valence-electron chi connectivity index (χ2n) is 14.3. The van der Waals surface area contributed by atoms with Crippen LogP contribution in [0.1, 0.15) is 8.22 Å². The van der Waals surface area contributed by atoms with Gasteiger partial charge < -0.3 is 8.98 Å². The smallest absolute Gasteiger partial charge is 0.164 e. The third-order valence-electron chi connectivity index (χ3n) is 11.0. The maximum Gasteiger partial charge on any atom is 0.164 e. The molecule has 3 heterocycles. The zero-order chi connectivity index (χ0) is 43.4. The molecule has 0 aliphatic heterocycles. The molecule has 12 aromatic rings. The number of benzene rings is 9. The Morgan fingerprint density at radius 1 is 0.431 bits per heavy atom. The molecule has 9 aromatic carbocycles. The monoisotopic (exact) mass is 746 g/mol. The van der Waals surface area contributed by atoms with E-state index in [0.29, 0.717) is 28.3 Å². The van der Waals surface area contributed by atoms with Crippen LogP contribution in [-0.4, -0.2) is 19.5 Å². The van der Waals surface area contributed by atoms with Gasteiger partial charge in [-0.15, -0.1) is 0 Å². The Labute approximate surface area is 341 Å². The molecular formula is C53H32N4O. The Morgan fingerprint density at radius 2 is 1.07 bits per heavy atom. The zero-order valence-electron chi connectivity index (χ0n) is 36.7. The van der Waals surface area contributed by atoms with Crippen LogP contribution in [-0.2, 0) is 0 Å². The van der Waals surface area contributed by atoms with Gasteiger partial charge >= 0.3 is 0 Å². The molecule has 0 saturated heterocycles. The zero-order valence-corrected chi connectivity index (χ0v) is 30.7. The van der Waals surface area contributed by atoms with Crippen LogP contribution in [0.3, 0.4) is 0 Å². The van der Waals surface area contributed by atoms with Crippen molar-refractivity contribution in [2.45, 2.75) is 0 Å². The van der Waals surface area contributed by atoms with Crippen LogP contribution >= 0.6 is 0 Å². The van der Waals surface area contributed by atoms with E-state index in [1.54, 1.807) is 0 Å². The van der Waals surface area contributed by atoms with Crippen LogP contribution < -0.4 is 0 Å². The van der Waals surface area contributed by atoms with Gasteiger partial charge in [-0.3, -0.25) is 0 Å². The number of hydrogen-bond donors (Lipinski definition) is 0. The molecule has 12 rings (SSSR count). The van der Waals surface area contributed by atoms with Crippen molar-refractivity contribution in [3.8, 4) is 51.0 Å². The van der Waals surface area contributed by atoms with E-state index >= 15 is 0 Å². The highest BCUT2D eigenvalue weighted by atomic mass is 16.3. The second kappa shape index (κ2) is 12.8. The van der Waals surface area contributed by atoms with Crippen molar-refractivity contribution in [1.29, 1.82) is 0 Å². The molecule has 0 saturated carbocycles. The Balaban J connectivity index is 1.20. The normalized spacial score (nSPS) is 13.2. The van der Waals surface area contributed by atoms with Gasteiger partial charge in [-0.25, -0.2) is 15.0 Å². The molecule has 3 aromatic heterocycles. The van der Waals surface area contributed by atoms with Crippen LogP contribution in [0.4, 0.5) is 0 Å². The number of para-hydroxylation sites is 2. The molecule has 0 fully saturated rings. The summed E-state index contributed by atoms with van der Waals surface area (Å²) in [5, 5.41) is 6.35. The lowest BCUT2D eigenvalue weighted by Gasteiger charge is -2.16. The predicted molar refractivity (Wildman–Crippen MR) is 238 cm³/mol. The van der Waals surface area contributed by atoms with Gasteiger partial charge in [0.1, 0.15) is 11.2 Å². The highest BCUT2D eigenvalue weighted by molar-refractivity contribution is 6.20. The van der Waals surface area contributed by atoms with E-state index in [1.807, 2.05) is 103 Å². The molecule has 0 N–H and O–H groups in total. The summed E-state index contributed by atoms with van der Waals surface area (Å²) < 4.78 is 64.1. The lowest BCUT2D eigenvalue weighted by atomic mass is 9.93. The van der Waals surface area contributed by atoms with E-state index in [9.17, 15) is 2.74 Å². The van der Waals surface area contributed by atoms with E-state index < -0.39 is 12.1 Å². The summed E-state index contributed by atoms with van der Waals surface area (Å²) in [6.45, 7) is 0. The van der Waals surface area contributed by atoms with Crippen molar-refractivity contribution in [1.82, 2.24) is 19.5 Å². The maximum atomic E-state index is 10.2. The first kappa shape index (κ1) is 26.8. The van der Waals surface area contributed by atoms with Crippen LogP contribution in [0.15, 0.2) is 198 Å². The van der Waals surface area contributed by atoms with E-state index in [-0.39, 0.29) is 63.1 Å². The minimum atomic E-state index is -0.465. The highest BCUT2D eigenvalue weighted by Crippen LogP contribution is 2.44. The summed E-state index contributed by atoms with van der Waals surface area (Å²) in [6, 6.07) is 50.1. The lowest BCUT2D eigenvalue weighted by molar-refractivity contribution is 0.669. The van der Waals surface area contributed by atoms with Crippen molar-refractivity contribution < 1.29 is 12.6 Å². The average molecular weight is 747 g/mol. The van der Waals surface area contributed by atoms with Gasteiger partial charge in [-0.1, -0.05) is 164 Å². The Bertz CT molecular complexity index is 3870. The first-order valence-electron chi connectivity index (χ1n) is 22.0. The summed E-state index contributed by atoms with van der Waals surface area (Å²) >= 11 is 0. The lowest BCUT2D eigenvalue weighted by Crippen LogP contribution is -2.01. The van der Waals surface area contributed by atoms with Crippen LogP contribution in [0.25, 0.3) is 116 Å². The van der Waals surface area contributed by atoms with Gasteiger partial charge in [0.25, 0.3) is 0 Å². The molecule has 0 aliphatic carbocycles. The van der Waals surface area contributed by atoms with E-state index in [0.717, 1.165) is 49.0 Å². The molecule has 270 valence electrons. The summed E-state index contributed by atoms with van der Waals surface area (Å²) in [5.74, 6) is 0.783. The van der Waals surface area contributed by atoms with Crippen molar-refractivity contribution in [3.63, 3.8) is 0 Å². The number of rotatable bonds is 5. The fourth-order valence-electron chi connectivity index (χ4n) is 8.38. The summed E-state index contributed by atoms with van der Waals surface area (Å²) in [5.41, 5.74) is 5.30. The van der Waals surface area contributed by atoms with Crippen LogP contribution in [0.5, 0.6) is 0 Å². The average Bonchev–Trinajstić information content (AvgIpc) is 3.91. The predicted octanol–water partition coefficient (Wildman–Crippen LogP) is 13.8. The minimum absolute atomic E-state index is 0.00652. The van der Waals surface area contributed by atoms with Crippen molar-refractivity contribution in [3.05, 3.63) is 194 Å². The quantitative estimate of drug-likeness (QED) is 0.176. The van der Waals surface area contributed by atoms with E-state index in [4.69, 9.17) is 24.9 Å². The summed E-state index contributed by atoms with van der Waals surface area (Å²) in [4.78, 5) is 14.9. The molecule has 0 unspecified atom stereocenters. The van der Waals surface area contributed by atoms with Crippen LogP contribution in [0, 0.1) is 0 Å². The van der Waals surface area contributed by atoms with Gasteiger partial charge in [-0.2, -0.15) is 0 Å². The number of nitrogens with zero attached hydrogens (tertiary/aromatic N) is 4. The first-order chi connectivity index (χ1) is 31.3. The largest absolute Gasteiger partial charge is 0.456 e. The molecule has 0 spiro atoms. The first-order valence-corrected chi connectivity index (χ1v) is 19.0. The third-order valence-corrected chi connectivity index (χ3v) is 11.0. The van der Waals surface area contributed by atoms with Gasteiger partial charge in [0.2, 0.25) is 0 Å². The molecule has 5 nitrogen and oxygen atoms in total. The molecule has 58 heavy (non-hydrogen) atoms. The number of fused-ring (bicyclic) bond motifs is 9. The second-order valence-corrected chi connectivity index (χ2v) is 14.3. The standard InChI is InChI=1S/C53H32N4O/c1-3-16-34(17-4-1)51-54-52(35-18-5-2-6-19-35)56-53(55-51)44-31-36(32-48-49(44)43-24-12-14-26-47(43)58-48)37-29-30-46(40-22-10-9-21-39(37)40)57-45-25-13-11-23-41(45)42-28-27-33-15-7-8-20-38(33)50(42)57/h1-32H/i12D,14D,24D,26D,31D,32D. The summed E-state index contributed by atoms with van der Waals surface area (Å²) in [6.07, 6.45) is 0. The fraction of sp³-hybridized carbons (Fsp3) is 0.